The van der Waals surface area contributed by atoms with Gasteiger partial charge in [-0.15, -0.1) is 0 Å². The molecule has 1 rings (SSSR count). The molecule has 0 heterocycles. The number of benzene rings is 1. The van der Waals surface area contributed by atoms with Crippen LogP contribution in [0.1, 0.15) is 41.0 Å². The van der Waals surface area contributed by atoms with Crippen LogP contribution in [0.15, 0.2) is 30.3 Å². The molecule has 0 spiro atoms. The van der Waals surface area contributed by atoms with Crippen LogP contribution in [-0.4, -0.2) is 54.3 Å². The Balaban J connectivity index is -0.000000134. The van der Waals surface area contributed by atoms with Gasteiger partial charge in [-0.05, 0) is 39.2 Å². The Bertz CT molecular complexity index is 608. The van der Waals surface area contributed by atoms with E-state index in [2.05, 4.69) is 34.6 Å². The van der Waals surface area contributed by atoms with Crippen LogP contribution in [0.2, 0.25) is 0 Å². The van der Waals surface area contributed by atoms with E-state index < -0.39 is 24.1 Å². The van der Waals surface area contributed by atoms with Crippen molar-refractivity contribution in [3.05, 3.63) is 30.3 Å². The summed E-state index contributed by atoms with van der Waals surface area (Å²) in [5.41, 5.74) is 0. The van der Waals surface area contributed by atoms with E-state index in [4.69, 9.17) is 0 Å². The molecule has 0 saturated carbocycles. The van der Waals surface area contributed by atoms with E-state index in [1.807, 2.05) is 30.3 Å². The monoisotopic (exact) mass is 442 g/mol. The highest BCUT2D eigenvalue weighted by Gasteiger charge is 2.08. The van der Waals surface area contributed by atoms with Crippen LogP contribution in [0.4, 0.5) is 0 Å². The Labute approximate surface area is 170 Å². The first-order valence-corrected chi connectivity index (χ1v) is 17.0. The molecule has 0 aliphatic rings. The summed E-state index contributed by atoms with van der Waals surface area (Å²) in [7, 11) is -6.32. The van der Waals surface area contributed by atoms with Gasteiger partial charge in [0.15, 0.2) is 0 Å². The largest absolute Gasteiger partial charge is 0.324 e. The highest BCUT2D eigenvalue weighted by Crippen LogP contribution is 2.33. The first kappa shape index (κ1) is 34.2. The second kappa shape index (κ2) is 17.7. The van der Waals surface area contributed by atoms with Crippen molar-refractivity contribution in [2.75, 3.05) is 45.8 Å². The molecule has 0 amide bonds. The van der Waals surface area contributed by atoms with Crippen LogP contribution in [0.3, 0.4) is 0 Å². The number of rotatable bonds is 1. The Morgan fingerprint density at radius 3 is 1.11 bits per heavy atom. The fourth-order valence-corrected chi connectivity index (χ4v) is 1.68. The summed E-state index contributed by atoms with van der Waals surface area (Å²) in [6.45, 7) is 19.5. The van der Waals surface area contributed by atoms with Gasteiger partial charge in [-0.1, -0.05) is 71.4 Å². The zero-order valence-corrected chi connectivity index (χ0v) is 22.2. The minimum absolute atomic E-state index is 0.833. The van der Waals surface area contributed by atoms with Crippen molar-refractivity contribution in [3.63, 3.8) is 0 Å². The zero-order valence-electron chi connectivity index (χ0n) is 19.6. The van der Waals surface area contributed by atoms with Gasteiger partial charge in [-0.3, -0.25) is 0 Å². The Morgan fingerprint density at radius 1 is 0.815 bits per heavy atom. The third-order valence-electron chi connectivity index (χ3n) is 1.38. The van der Waals surface area contributed by atoms with Crippen molar-refractivity contribution in [1.29, 1.82) is 0 Å². The maximum atomic E-state index is 11.4. The molecule has 1 aromatic carbocycles. The Hall–Kier alpha value is -0.370. The molecule has 1 aromatic rings. The SMILES string of the molecule is CC(C)C.CCC.CP(C)(=O)c1ccccc1.CP(C)(C)=O.CS(C)(=O)=O. The van der Waals surface area contributed by atoms with Gasteiger partial charge in [-0.25, -0.2) is 8.42 Å². The molecule has 0 atom stereocenters. The van der Waals surface area contributed by atoms with E-state index >= 15 is 0 Å². The summed E-state index contributed by atoms with van der Waals surface area (Å²) in [4.78, 5) is 0. The number of hydrogen-bond donors (Lipinski definition) is 0. The molecule has 164 valence electrons. The van der Waals surface area contributed by atoms with Crippen molar-refractivity contribution < 1.29 is 17.5 Å². The molecular formula is C20H44O4P2S. The predicted molar refractivity (Wildman–Crippen MR) is 128 cm³/mol. The first-order chi connectivity index (χ1) is 11.8. The quantitative estimate of drug-likeness (QED) is 0.507. The lowest BCUT2D eigenvalue weighted by Gasteiger charge is -2.04. The van der Waals surface area contributed by atoms with Crippen LogP contribution in [-0.2, 0) is 19.0 Å². The highest BCUT2D eigenvalue weighted by atomic mass is 32.2. The minimum atomic E-state index is -2.67. The van der Waals surface area contributed by atoms with Crippen molar-refractivity contribution in [1.82, 2.24) is 0 Å². The average molecular weight is 443 g/mol. The van der Waals surface area contributed by atoms with Gasteiger partial charge in [0.25, 0.3) is 0 Å². The van der Waals surface area contributed by atoms with Gasteiger partial charge < -0.3 is 9.13 Å². The summed E-state index contributed by atoms with van der Waals surface area (Å²) < 4.78 is 40.9. The van der Waals surface area contributed by atoms with Gasteiger partial charge in [-0.2, -0.15) is 0 Å². The summed E-state index contributed by atoms with van der Waals surface area (Å²) in [5, 5.41) is 0.954. The number of sulfone groups is 1. The Morgan fingerprint density at radius 2 is 1.00 bits per heavy atom. The van der Waals surface area contributed by atoms with E-state index in [0.717, 1.165) is 23.7 Å². The third-order valence-corrected chi connectivity index (χ3v) is 2.92. The van der Waals surface area contributed by atoms with Crippen LogP contribution >= 0.6 is 14.3 Å². The maximum Gasteiger partial charge on any atom is 0.144 e. The highest BCUT2D eigenvalue weighted by molar-refractivity contribution is 7.89. The fraction of sp³-hybridized carbons (Fsp3) is 0.700. The van der Waals surface area contributed by atoms with Gasteiger partial charge in [0.2, 0.25) is 0 Å². The second-order valence-corrected chi connectivity index (χ2v) is 17.4. The molecule has 0 aliphatic carbocycles. The molecule has 7 heteroatoms. The van der Waals surface area contributed by atoms with Crippen molar-refractivity contribution in [2.24, 2.45) is 5.92 Å². The van der Waals surface area contributed by atoms with E-state index in [-0.39, 0.29) is 0 Å². The van der Waals surface area contributed by atoms with Crippen molar-refractivity contribution in [2.45, 2.75) is 41.0 Å². The molecular weight excluding hydrogens is 398 g/mol. The van der Waals surface area contributed by atoms with E-state index in [1.165, 1.54) is 6.42 Å². The molecule has 0 aliphatic heterocycles. The lowest BCUT2D eigenvalue weighted by atomic mass is 10.3. The van der Waals surface area contributed by atoms with Gasteiger partial charge in [0, 0.05) is 17.8 Å². The standard InChI is InChI=1S/C8H11OP.C4H10.C3H9OP.C3H8.C2H6O2S/c1-10(2,9)8-6-4-3-5-7-8;1-4(2)3;1-5(2,3)4;1-3-2;1-5(2,3)4/h3-7H,1-2H3;4H,1-3H3;1-3H3;3H2,1-2H3;1-2H3. The lowest BCUT2D eigenvalue weighted by molar-refractivity contribution is 0.585. The third kappa shape index (κ3) is 77.0. The van der Waals surface area contributed by atoms with E-state index in [0.29, 0.717) is 0 Å². The zero-order chi connectivity index (χ0) is 22.9. The van der Waals surface area contributed by atoms with Crippen LogP contribution in [0.5, 0.6) is 0 Å². The fourth-order valence-electron chi connectivity index (χ4n) is 0.787. The second-order valence-electron chi connectivity index (χ2n) is 8.16. The molecule has 4 nitrogen and oxygen atoms in total. The van der Waals surface area contributed by atoms with Crippen LogP contribution < -0.4 is 5.30 Å². The molecule has 27 heavy (non-hydrogen) atoms. The minimum Gasteiger partial charge on any atom is -0.324 e. The van der Waals surface area contributed by atoms with Gasteiger partial charge in [0.1, 0.15) is 17.0 Å². The van der Waals surface area contributed by atoms with Crippen LogP contribution in [0.25, 0.3) is 0 Å². The van der Waals surface area contributed by atoms with E-state index in [9.17, 15) is 17.5 Å². The predicted octanol–water partition coefficient (Wildman–Crippen LogP) is 5.91. The summed E-state index contributed by atoms with van der Waals surface area (Å²) in [6.07, 6.45) is 3.57. The molecule has 0 saturated heterocycles. The summed E-state index contributed by atoms with van der Waals surface area (Å²) in [5.74, 6) is 0.833. The molecule has 0 radical (unpaired) electrons. The Kier molecular flexibility index (Phi) is 22.4. The maximum absolute atomic E-state index is 11.4. The van der Waals surface area contributed by atoms with Crippen molar-refractivity contribution >= 4 is 29.4 Å². The van der Waals surface area contributed by atoms with Gasteiger partial charge in [0.05, 0.1) is 7.14 Å². The molecule has 0 fully saturated rings. The smallest absolute Gasteiger partial charge is 0.144 e. The molecule has 0 unspecified atom stereocenters. The molecule has 0 aromatic heterocycles. The topological polar surface area (TPSA) is 68.3 Å². The normalized spacial score (nSPS) is 10.6. The van der Waals surface area contributed by atoms with Gasteiger partial charge >= 0.3 is 0 Å². The summed E-state index contributed by atoms with van der Waals surface area (Å²) in [6, 6.07) is 9.56. The first-order valence-electron chi connectivity index (χ1n) is 9.03. The number of hydrogen-bond acceptors (Lipinski definition) is 4. The summed E-state index contributed by atoms with van der Waals surface area (Å²) >= 11 is 0. The average Bonchev–Trinajstić information content (AvgIpc) is 2.35. The molecule has 0 N–H and O–H groups in total. The molecule has 0 bridgehead atoms. The van der Waals surface area contributed by atoms with Crippen LogP contribution in [0, 0.1) is 5.92 Å². The lowest BCUT2D eigenvalue weighted by Crippen LogP contribution is -2.00. The van der Waals surface area contributed by atoms with E-state index in [1.54, 1.807) is 33.3 Å². The van der Waals surface area contributed by atoms with Crippen molar-refractivity contribution in [3.8, 4) is 0 Å².